The number of carbonyl (C=O) groups is 2. The molecule has 3 aromatic rings. The number of nitrogens with zero attached hydrogens (tertiary/aromatic N) is 1. The van der Waals surface area contributed by atoms with Crippen molar-refractivity contribution in [1.82, 2.24) is 10.6 Å². The fourth-order valence-electron chi connectivity index (χ4n) is 4.73. The van der Waals surface area contributed by atoms with E-state index in [1.807, 2.05) is 99.6 Å². The van der Waals surface area contributed by atoms with Crippen LogP contribution in [-0.2, 0) is 11.3 Å². The first-order chi connectivity index (χ1) is 17.4. The first-order valence-corrected chi connectivity index (χ1v) is 12.2. The smallest absolute Gasteiger partial charge is 0.407 e. The van der Waals surface area contributed by atoms with Crippen molar-refractivity contribution in [2.24, 2.45) is 5.92 Å². The van der Waals surface area contributed by atoms with Gasteiger partial charge in [0.1, 0.15) is 12.4 Å². The Balaban J connectivity index is 1.72. The average Bonchev–Trinajstić information content (AvgIpc) is 2.89. The minimum Gasteiger partial charge on any atom is -0.497 e. The van der Waals surface area contributed by atoms with E-state index in [9.17, 15) is 9.59 Å². The number of alkyl carbamates (subject to hydrolysis) is 1. The summed E-state index contributed by atoms with van der Waals surface area (Å²) in [5.74, 6) is 0.474. The summed E-state index contributed by atoms with van der Waals surface area (Å²) in [6, 6.07) is 24.1. The van der Waals surface area contributed by atoms with E-state index in [1.165, 1.54) is 0 Å². The monoisotopic (exact) mass is 487 g/mol. The molecular weight excluding hydrogens is 454 g/mol. The lowest BCUT2D eigenvalue weighted by atomic mass is 9.79. The third-order valence-electron chi connectivity index (χ3n) is 6.39. The fourth-order valence-corrected chi connectivity index (χ4v) is 4.73. The lowest BCUT2D eigenvalue weighted by molar-refractivity contribution is 0.130. The highest BCUT2D eigenvalue weighted by Gasteiger charge is 2.43. The van der Waals surface area contributed by atoms with E-state index in [-0.39, 0.29) is 30.6 Å². The van der Waals surface area contributed by atoms with Crippen molar-refractivity contribution in [3.63, 3.8) is 0 Å². The number of fused-ring (bicyclic) bond motifs is 1. The molecule has 2 N–H and O–H groups in total. The Hall–Kier alpha value is -4.00. The fraction of sp³-hybridized carbons (Fsp3) is 0.310. The van der Waals surface area contributed by atoms with Crippen molar-refractivity contribution in [3.05, 3.63) is 95.6 Å². The number of nitrogens with one attached hydrogen (secondary N) is 2. The van der Waals surface area contributed by atoms with Crippen LogP contribution < -0.4 is 20.3 Å². The molecular formula is C29H33N3O4. The maximum atomic E-state index is 13.5. The minimum atomic E-state index is -0.517. The lowest BCUT2D eigenvalue weighted by Crippen LogP contribution is -2.52. The molecule has 0 bridgehead atoms. The van der Waals surface area contributed by atoms with Crippen molar-refractivity contribution >= 4 is 17.8 Å². The highest BCUT2D eigenvalue weighted by atomic mass is 16.5. The first-order valence-electron chi connectivity index (χ1n) is 12.2. The van der Waals surface area contributed by atoms with Gasteiger partial charge in [0.2, 0.25) is 0 Å². The van der Waals surface area contributed by atoms with Gasteiger partial charge in [-0.2, -0.15) is 0 Å². The molecule has 4 rings (SSSR count). The summed E-state index contributed by atoms with van der Waals surface area (Å²) in [7, 11) is 1.60. The number of hydrogen-bond acceptors (Lipinski definition) is 4. The molecule has 3 atom stereocenters. The van der Waals surface area contributed by atoms with Crippen LogP contribution in [0.4, 0.5) is 15.3 Å². The summed E-state index contributed by atoms with van der Waals surface area (Å²) in [4.78, 5) is 28.2. The zero-order chi connectivity index (χ0) is 25.7. The van der Waals surface area contributed by atoms with Crippen LogP contribution in [0.3, 0.4) is 0 Å². The van der Waals surface area contributed by atoms with Crippen molar-refractivity contribution < 1.29 is 19.1 Å². The van der Waals surface area contributed by atoms with Crippen LogP contribution in [0.5, 0.6) is 5.75 Å². The van der Waals surface area contributed by atoms with Gasteiger partial charge in [0.25, 0.3) is 0 Å². The predicted octanol–water partition coefficient (Wildman–Crippen LogP) is 5.98. The topological polar surface area (TPSA) is 79.9 Å². The number of urea groups is 1. The Morgan fingerprint density at radius 3 is 2.28 bits per heavy atom. The van der Waals surface area contributed by atoms with Gasteiger partial charge in [0, 0.05) is 17.5 Å². The number of carbonyl (C=O) groups excluding carboxylic acids is 2. The zero-order valence-corrected chi connectivity index (χ0v) is 21.1. The van der Waals surface area contributed by atoms with E-state index >= 15 is 0 Å². The second-order valence-corrected chi connectivity index (χ2v) is 9.30. The number of benzene rings is 3. The minimum absolute atomic E-state index is 0.0326. The summed E-state index contributed by atoms with van der Waals surface area (Å²) in [5.41, 5.74) is 3.40. The largest absolute Gasteiger partial charge is 0.497 e. The van der Waals surface area contributed by atoms with Gasteiger partial charge in [0.15, 0.2) is 0 Å². The summed E-state index contributed by atoms with van der Waals surface area (Å²) in [5, 5.41) is 6.11. The van der Waals surface area contributed by atoms with Gasteiger partial charge in [-0.05, 0) is 43.2 Å². The maximum Gasteiger partial charge on any atom is 0.407 e. The van der Waals surface area contributed by atoms with Crippen LogP contribution in [0.25, 0.3) is 0 Å². The lowest BCUT2D eigenvalue weighted by Gasteiger charge is -2.45. The molecule has 1 aliphatic rings. The predicted molar refractivity (Wildman–Crippen MR) is 140 cm³/mol. The molecule has 0 saturated heterocycles. The number of rotatable bonds is 6. The molecule has 3 amide bonds. The molecule has 0 saturated carbocycles. The zero-order valence-electron chi connectivity index (χ0n) is 21.1. The van der Waals surface area contributed by atoms with E-state index < -0.39 is 12.1 Å². The van der Waals surface area contributed by atoms with Gasteiger partial charge in [-0.15, -0.1) is 0 Å². The number of methoxy groups -OCH3 is 1. The molecule has 0 aliphatic carbocycles. The van der Waals surface area contributed by atoms with Crippen molar-refractivity contribution in [2.75, 3.05) is 12.0 Å². The number of anilines is 1. The maximum absolute atomic E-state index is 13.5. The van der Waals surface area contributed by atoms with Crippen molar-refractivity contribution in [2.45, 2.75) is 45.5 Å². The van der Waals surface area contributed by atoms with Gasteiger partial charge in [-0.3, -0.25) is 4.90 Å². The highest BCUT2D eigenvalue weighted by Crippen LogP contribution is 2.48. The molecule has 1 aliphatic heterocycles. The van der Waals surface area contributed by atoms with Gasteiger partial charge in [-0.1, -0.05) is 67.6 Å². The van der Waals surface area contributed by atoms with E-state index in [4.69, 9.17) is 9.47 Å². The molecule has 188 valence electrons. The molecule has 0 aromatic heterocycles. The van der Waals surface area contributed by atoms with Crippen LogP contribution in [0.1, 0.15) is 49.5 Å². The van der Waals surface area contributed by atoms with Crippen LogP contribution >= 0.6 is 0 Å². The Bertz CT molecular complexity index is 1180. The molecule has 1 heterocycles. The Labute approximate surface area is 212 Å². The van der Waals surface area contributed by atoms with Crippen molar-refractivity contribution in [3.8, 4) is 5.75 Å². The second-order valence-electron chi connectivity index (χ2n) is 9.30. The normalized spacial score (nSPS) is 18.8. The Morgan fingerprint density at radius 1 is 0.972 bits per heavy atom. The molecule has 0 unspecified atom stereocenters. The Kier molecular flexibility index (Phi) is 7.78. The standard InChI is InChI=1S/C29H33N3O4/c1-19(2)30-28(33)32-25-16-15-23(35-4)17-24(25)26(20(3)27(32)22-13-9-6-10-14-22)31-29(34)36-18-21-11-7-5-8-12-21/h5-17,19-20,26-27H,18H2,1-4H3,(H,30,33)(H,31,34)/t20-,26-,27-/m0/s1. The number of hydrogen-bond donors (Lipinski definition) is 2. The third kappa shape index (κ3) is 5.46. The van der Waals surface area contributed by atoms with E-state index in [1.54, 1.807) is 12.0 Å². The number of amides is 3. The number of ether oxygens (including phenoxy) is 2. The molecule has 36 heavy (non-hydrogen) atoms. The van der Waals surface area contributed by atoms with Crippen LogP contribution in [0.2, 0.25) is 0 Å². The SMILES string of the molecule is COc1ccc2c(c1)[C@@H](NC(=O)OCc1ccccc1)[C@H](C)[C@@H](c1ccccc1)N2C(=O)NC(C)C. The quantitative estimate of drug-likeness (QED) is 0.448. The molecule has 0 radical (unpaired) electrons. The van der Waals surface area contributed by atoms with E-state index in [0.29, 0.717) is 11.4 Å². The summed E-state index contributed by atoms with van der Waals surface area (Å²) in [6.07, 6.45) is -0.517. The van der Waals surface area contributed by atoms with Crippen molar-refractivity contribution in [1.29, 1.82) is 0 Å². The summed E-state index contributed by atoms with van der Waals surface area (Å²) in [6.45, 7) is 6.08. The highest BCUT2D eigenvalue weighted by molar-refractivity contribution is 5.95. The molecule has 3 aromatic carbocycles. The average molecular weight is 488 g/mol. The summed E-state index contributed by atoms with van der Waals surface area (Å²) >= 11 is 0. The van der Waals surface area contributed by atoms with Gasteiger partial charge < -0.3 is 20.1 Å². The van der Waals surface area contributed by atoms with Crippen LogP contribution in [0.15, 0.2) is 78.9 Å². The van der Waals surface area contributed by atoms with E-state index in [2.05, 4.69) is 10.6 Å². The van der Waals surface area contributed by atoms with Crippen LogP contribution in [-0.4, -0.2) is 25.3 Å². The van der Waals surface area contributed by atoms with Gasteiger partial charge >= 0.3 is 12.1 Å². The molecule has 0 spiro atoms. The third-order valence-corrected chi connectivity index (χ3v) is 6.39. The molecule has 7 heteroatoms. The molecule has 0 fully saturated rings. The van der Waals surface area contributed by atoms with Gasteiger partial charge in [-0.25, -0.2) is 9.59 Å². The van der Waals surface area contributed by atoms with Crippen LogP contribution in [0, 0.1) is 5.92 Å². The second kappa shape index (κ2) is 11.2. The summed E-state index contributed by atoms with van der Waals surface area (Å²) < 4.78 is 11.0. The Morgan fingerprint density at radius 2 is 1.64 bits per heavy atom. The molecule has 7 nitrogen and oxygen atoms in total. The van der Waals surface area contributed by atoms with E-state index in [0.717, 1.165) is 16.7 Å². The van der Waals surface area contributed by atoms with Gasteiger partial charge in [0.05, 0.1) is 24.9 Å². The first kappa shape index (κ1) is 25.1.